The third kappa shape index (κ3) is 4.30. The Morgan fingerprint density at radius 2 is 2.16 bits per heavy atom. The first kappa shape index (κ1) is 15.1. The Labute approximate surface area is 109 Å². The third-order valence-corrected chi connectivity index (χ3v) is 2.27. The van der Waals surface area contributed by atoms with Crippen LogP contribution >= 0.6 is 0 Å². The van der Waals surface area contributed by atoms with Crippen molar-refractivity contribution in [2.45, 2.75) is 6.18 Å². The van der Waals surface area contributed by atoms with Crippen molar-refractivity contribution in [1.82, 2.24) is 5.32 Å². The molecule has 1 aromatic rings. The minimum atomic E-state index is -4.56. The zero-order valence-electron chi connectivity index (χ0n) is 10.3. The third-order valence-electron chi connectivity index (χ3n) is 2.27. The van der Waals surface area contributed by atoms with E-state index in [9.17, 15) is 13.2 Å². The van der Waals surface area contributed by atoms with E-state index >= 15 is 0 Å². The van der Waals surface area contributed by atoms with Crippen LogP contribution in [0.25, 0.3) is 0 Å². The molecule has 0 bridgehead atoms. The molecule has 0 heterocycles. The van der Waals surface area contributed by atoms with Gasteiger partial charge in [0.1, 0.15) is 12.4 Å². The zero-order valence-corrected chi connectivity index (χ0v) is 10.3. The van der Waals surface area contributed by atoms with E-state index in [1.807, 2.05) is 0 Å². The number of ether oxygens (including phenoxy) is 1. The van der Waals surface area contributed by atoms with E-state index < -0.39 is 11.7 Å². The standard InChI is InChI=1S/C13H13F3N2O/c1-9(7-18-2)8-19-12-4-3-10(6-17)5-11(12)13(14,15)16/h3-5,18H,1,7-8H2,2H3. The smallest absolute Gasteiger partial charge is 0.420 e. The summed E-state index contributed by atoms with van der Waals surface area (Å²) in [6.07, 6.45) is -4.56. The lowest BCUT2D eigenvalue weighted by molar-refractivity contribution is -0.138. The van der Waals surface area contributed by atoms with Crippen molar-refractivity contribution in [2.24, 2.45) is 0 Å². The van der Waals surface area contributed by atoms with Crippen molar-refractivity contribution in [3.8, 4) is 11.8 Å². The maximum Gasteiger partial charge on any atom is 0.420 e. The molecule has 0 aromatic heterocycles. The van der Waals surface area contributed by atoms with Gasteiger partial charge in [-0.2, -0.15) is 18.4 Å². The molecule has 0 aliphatic heterocycles. The minimum absolute atomic E-state index is 0.0180. The summed E-state index contributed by atoms with van der Waals surface area (Å²) >= 11 is 0. The van der Waals surface area contributed by atoms with Crippen LogP contribution in [-0.2, 0) is 6.18 Å². The van der Waals surface area contributed by atoms with Crippen LogP contribution in [0.4, 0.5) is 13.2 Å². The topological polar surface area (TPSA) is 45.0 Å². The van der Waals surface area contributed by atoms with E-state index in [1.54, 1.807) is 13.1 Å². The van der Waals surface area contributed by atoms with Crippen molar-refractivity contribution in [3.63, 3.8) is 0 Å². The Balaban J connectivity index is 2.95. The van der Waals surface area contributed by atoms with Crippen molar-refractivity contribution in [2.75, 3.05) is 20.2 Å². The van der Waals surface area contributed by atoms with Gasteiger partial charge in [0.05, 0.1) is 17.2 Å². The number of likely N-dealkylation sites (N-methyl/N-ethyl adjacent to an activating group) is 1. The van der Waals surface area contributed by atoms with Gasteiger partial charge >= 0.3 is 6.18 Å². The van der Waals surface area contributed by atoms with Crippen molar-refractivity contribution in [3.05, 3.63) is 41.5 Å². The van der Waals surface area contributed by atoms with Crippen LogP contribution < -0.4 is 10.1 Å². The van der Waals surface area contributed by atoms with Crippen LogP contribution in [0.15, 0.2) is 30.4 Å². The Morgan fingerprint density at radius 3 is 2.68 bits per heavy atom. The predicted molar refractivity (Wildman–Crippen MR) is 64.7 cm³/mol. The molecular weight excluding hydrogens is 257 g/mol. The van der Waals surface area contributed by atoms with E-state index in [4.69, 9.17) is 10.00 Å². The van der Waals surface area contributed by atoms with Crippen LogP contribution in [0, 0.1) is 11.3 Å². The molecule has 0 atom stereocenters. The molecule has 1 rings (SSSR count). The van der Waals surface area contributed by atoms with Gasteiger partial charge in [-0.3, -0.25) is 0 Å². The first-order valence-corrected chi connectivity index (χ1v) is 5.44. The number of alkyl halides is 3. The lowest BCUT2D eigenvalue weighted by atomic mass is 10.1. The molecule has 0 spiro atoms. The highest BCUT2D eigenvalue weighted by Gasteiger charge is 2.34. The van der Waals surface area contributed by atoms with Gasteiger partial charge in [0.15, 0.2) is 0 Å². The zero-order chi connectivity index (χ0) is 14.5. The summed E-state index contributed by atoms with van der Waals surface area (Å²) in [5, 5.41) is 11.4. The summed E-state index contributed by atoms with van der Waals surface area (Å²) in [7, 11) is 1.70. The van der Waals surface area contributed by atoms with E-state index in [1.165, 1.54) is 6.07 Å². The molecule has 1 aromatic carbocycles. The average Bonchev–Trinajstić information content (AvgIpc) is 2.35. The fourth-order valence-electron chi connectivity index (χ4n) is 1.43. The van der Waals surface area contributed by atoms with Gasteiger partial charge < -0.3 is 10.1 Å². The van der Waals surface area contributed by atoms with Crippen LogP contribution in [0.2, 0.25) is 0 Å². The van der Waals surface area contributed by atoms with E-state index in [2.05, 4.69) is 11.9 Å². The first-order chi connectivity index (χ1) is 8.88. The Morgan fingerprint density at radius 1 is 1.47 bits per heavy atom. The molecule has 19 heavy (non-hydrogen) atoms. The lowest BCUT2D eigenvalue weighted by Gasteiger charge is -2.15. The quantitative estimate of drug-likeness (QED) is 0.837. The maximum atomic E-state index is 12.8. The van der Waals surface area contributed by atoms with Gasteiger partial charge in [0.2, 0.25) is 0 Å². The lowest BCUT2D eigenvalue weighted by Crippen LogP contribution is -2.16. The predicted octanol–water partition coefficient (Wildman–Crippen LogP) is 2.73. The minimum Gasteiger partial charge on any atom is -0.489 e. The average molecular weight is 270 g/mol. The highest BCUT2D eigenvalue weighted by molar-refractivity contribution is 5.43. The summed E-state index contributed by atoms with van der Waals surface area (Å²) in [6, 6.07) is 4.87. The molecular formula is C13H13F3N2O. The van der Waals surface area contributed by atoms with Crippen LogP contribution in [0.5, 0.6) is 5.75 Å². The molecule has 0 unspecified atom stereocenters. The fourth-order valence-corrected chi connectivity index (χ4v) is 1.43. The molecule has 1 N–H and O–H groups in total. The van der Waals surface area contributed by atoms with Crippen LogP contribution in [0.1, 0.15) is 11.1 Å². The molecule has 0 saturated carbocycles. The van der Waals surface area contributed by atoms with Gasteiger partial charge in [0, 0.05) is 6.54 Å². The van der Waals surface area contributed by atoms with Crippen LogP contribution in [-0.4, -0.2) is 20.2 Å². The number of benzene rings is 1. The maximum absolute atomic E-state index is 12.8. The number of hydrogen-bond acceptors (Lipinski definition) is 3. The van der Waals surface area contributed by atoms with E-state index in [-0.39, 0.29) is 17.9 Å². The van der Waals surface area contributed by atoms with Gasteiger partial charge in [-0.15, -0.1) is 0 Å². The van der Waals surface area contributed by atoms with Crippen LogP contribution in [0.3, 0.4) is 0 Å². The molecule has 0 fully saturated rings. The van der Waals surface area contributed by atoms with E-state index in [0.29, 0.717) is 12.1 Å². The monoisotopic (exact) mass is 270 g/mol. The molecule has 0 aliphatic carbocycles. The first-order valence-electron chi connectivity index (χ1n) is 5.44. The summed E-state index contributed by atoms with van der Waals surface area (Å²) in [5.74, 6) is -0.302. The normalized spacial score (nSPS) is 10.9. The molecule has 0 aliphatic rings. The summed E-state index contributed by atoms with van der Waals surface area (Å²) in [4.78, 5) is 0. The number of nitrogens with one attached hydrogen (secondary N) is 1. The fraction of sp³-hybridized carbons (Fsp3) is 0.308. The van der Waals surface area contributed by atoms with Crippen molar-refractivity contribution in [1.29, 1.82) is 5.26 Å². The second kappa shape index (κ2) is 6.25. The van der Waals surface area contributed by atoms with Crippen molar-refractivity contribution < 1.29 is 17.9 Å². The van der Waals surface area contributed by atoms with Crippen molar-refractivity contribution >= 4 is 0 Å². The Kier molecular flexibility index (Phi) is 4.95. The Bertz CT molecular complexity index is 504. The number of hydrogen-bond donors (Lipinski definition) is 1. The number of nitrogens with zero attached hydrogens (tertiary/aromatic N) is 1. The highest BCUT2D eigenvalue weighted by Crippen LogP contribution is 2.36. The SMILES string of the molecule is C=C(CNC)COc1ccc(C#N)cc1C(F)(F)F. The van der Waals surface area contributed by atoms with Gasteiger partial charge in [0.25, 0.3) is 0 Å². The Hall–Kier alpha value is -2.00. The molecule has 6 heteroatoms. The molecule has 0 amide bonds. The van der Waals surface area contributed by atoms with Gasteiger partial charge in [-0.05, 0) is 30.8 Å². The summed E-state index contributed by atoms with van der Waals surface area (Å²) in [5.41, 5.74) is -0.391. The van der Waals surface area contributed by atoms with Gasteiger partial charge in [-0.1, -0.05) is 6.58 Å². The number of rotatable bonds is 5. The molecule has 102 valence electrons. The molecule has 0 saturated heterocycles. The van der Waals surface area contributed by atoms with Gasteiger partial charge in [-0.25, -0.2) is 0 Å². The number of nitriles is 1. The molecule has 0 radical (unpaired) electrons. The second-order valence-corrected chi connectivity index (χ2v) is 3.89. The highest BCUT2D eigenvalue weighted by atomic mass is 19.4. The largest absolute Gasteiger partial charge is 0.489 e. The summed E-state index contributed by atoms with van der Waals surface area (Å²) in [6.45, 7) is 4.10. The summed E-state index contributed by atoms with van der Waals surface area (Å²) < 4.78 is 43.5. The van der Waals surface area contributed by atoms with E-state index in [0.717, 1.165) is 12.1 Å². The molecule has 3 nitrogen and oxygen atoms in total. The second-order valence-electron chi connectivity index (χ2n) is 3.89. The number of halogens is 3.